The number of carbonyl (C=O) groups excluding carboxylic acids is 1. The predicted octanol–water partition coefficient (Wildman–Crippen LogP) is 6.51. The molecule has 1 aliphatic heterocycles. The van der Waals surface area contributed by atoms with Gasteiger partial charge in [0.15, 0.2) is 12.7 Å². The number of esters is 1. The van der Waals surface area contributed by atoms with Crippen molar-refractivity contribution < 1.29 is 23.6 Å². The number of fused-ring (bicyclic) bond motifs is 2. The summed E-state index contributed by atoms with van der Waals surface area (Å²) in [7, 11) is 5.19. The van der Waals surface area contributed by atoms with Crippen LogP contribution >= 0.6 is 11.8 Å². The van der Waals surface area contributed by atoms with Crippen molar-refractivity contribution in [1.29, 1.82) is 0 Å². The zero-order valence-corrected chi connectivity index (χ0v) is 24.7. The Labute approximate surface area is 245 Å². The molecule has 210 valence electrons. The van der Waals surface area contributed by atoms with E-state index in [0.717, 1.165) is 39.2 Å². The second-order valence-electron chi connectivity index (χ2n) is 9.87. The summed E-state index contributed by atoms with van der Waals surface area (Å²) < 4.78 is 17.9. The highest BCUT2D eigenvalue weighted by atomic mass is 32.2. The van der Waals surface area contributed by atoms with E-state index in [1.54, 1.807) is 18.9 Å². The van der Waals surface area contributed by atoms with Crippen molar-refractivity contribution in [2.45, 2.75) is 18.4 Å². The van der Waals surface area contributed by atoms with Gasteiger partial charge in [-0.3, -0.25) is 0 Å². The molecule has 0 spiro atoms. The van der Waals surface area contributed by atoms with E-state index in [1.165, 1.54) is 23.3 Å². The van der Waals surface area contributed by atoms with Gasteiger partial charge >= 0.3 is 5.97 Å². The number of para-hydroxylation sites is 1. The molecule has 3 aromatic carbocycles. The molecule has 1 aliphatic rings. The Morgan fingerprint density at radius 2 is 1.73 bits per heavy atom. The second kappa shape index (κ2) is 13.2. The average Bonchev–Trinajstić information content (AvgIpc) is 3.31. The number of thioether (sulfide) groups is 1. The van der Waals surface area contributed by atoms with E-state index < -0.39 is 0 Å². The molecule has 0 atom stereocenters. The van der Waals surface area contributed by atoms with E-state index in [9.17, 15) is 4.79 Å². The van der Waals surface area contributed by atoms with Crippen molar-refractivity contribution >= 4 is 46.0 Å². The maximum Gasteiger partial charge on any atom is 0.337 e. The van der Waals surface area contributed by atoms with Crippen LogP contribution in [-0.2, 0) is 20.8 Å². The number of carbonyl (C=O) groups is 1. The summed E-state index contributed by atoms with van der Waals surface area (Å²) in [4.78, 5) is 15.6. The summed E-state index contributed by atoms with van der Waals surface area (Å²) in [6, 6.07) is 24.7. The van der Waals surface area contributed by atoms with E-state index in [2.05, 4.69) is 90.3 Å². The van der Waals surface area contributed by atoms with Crippen molar-refractivity contribution in [1.82, 2.24) is 0 Å². The molecule has 0 saturated carbocycles. The Kier molecular flexibility index (Phi) is 9.19. The average molecular weight is 568 g/mol. The van der Waals surface area contributed by atoms with Gasteiger partial charge < -0.3 is 19.1 Å². The monoisotopic (exact) mass is 567 g/mol. The fraction of sp³-hybridized carbons (Fsp3) is 0.235. The first-order valence-corrected chi connectivity index (χ1v) is 14.4. The van der Waals surface area contributed by atoms with Gasteiger partial charge in [0.25, 0.3) is 0 Å². The maximum absolute atomic E-state index is 12.1. The van der Waals surface area contributed by atoms with Gasteiger partial charge in [0.2, 0.25) is 5.52 Å². The normalized spacial score (nSPS) is 14.1. The number of aryl methyl sites for hydroxylation is 1. The van der Waals surface area contributed by atoms with Crippen molar-refractivity contribution in [2.24, 2.45) is 0 Å². The Bertz CT molecular complexity index is 1610. The van der Waals surface area contributed by atoms with Crippen LogP contribution in [0.3, 0.4) is 0 Å². The highest BCUT2D eigenvalue weighted by Gasteiger charge is 2.23. The smallest absolute Gasteiger partial charge is 0.337 e. The van der Waals surface area contributed by atoms with Crippen LogP contribution in [0.25, 0.3) is 22.6 Å². The highest BCUT2D eigenvalue weighted by Crippen LogP contribution is 2.46. The van der Waals surface area contributed by atoms with Crippen molar-refractivity contribution in [3.8, 4) is 0 Å². The van der Waals surface area contributed by atoms with Gasteiger partial charge in [-0.1, -0.05) is 42.1 Å². The van der Waals surface area contributed by atoms with Gasteiger partial charge in [-0.15, -0.1) is 0 Å². The standard InChI is InChI=1S/C34H35N2O4S/c1-24-9-14-32-31(21-24)35(2)33(41-32)23-28(25-10-12-26(13-11-25)34(37)39-4)22-27-15-16-36(17-18-40-20-19-38-3)30-8-6-5-7-29(27)30/h5-16,21-23H,17-20H2,1-4H3/q+1. The molecule has 2 heterocycles. The number of benzene rings is 3. The zero-order valence-electron chi connectivity index (χ0n) is 23.9. The lowest BCUT2D eigenvalue weighted by Gasteiger charge is -2.15. The van der Waals surface area contributed by atoms with Crippen LogP contribution in [0, 0.1) is 6.92 Å². The molecular weight excluding hydrogens is 532 g/mol. The van der Waals surface area contributed by atoms with Crippen molar-refractivity contribution in [3.63, 3.8) is 0 Å². The van der Waals surface area contributed by atoms with Gasteiger partial charge in [-0.2, -0.15) is 4.57 Å². The van der Waals surface area contributed by atoms with Gasteiger partial charge in [0.05, 0.1) is 42.0 Å². The van der Waals surface area contributed by atoms with Crippen LogP contribution in [0.15, 0.2) is 95.0 Å². The molecule has 0 aliphatic carbocycles. The molecule has 1 aromatic heterocycles. The summed E-state index contributed by atoms with van der Waals surface area (Å²) in [5.41, 5.74) is 7.28. The van der Waals surface area contributed by atoms with Crippen LogP contribution < -0.4 is 9.47 Å². The van der Waals surface area contributed by atoms with E-state index in [0.29, 0.717) is 25.4 Å². The Balaban J connectivity index is 1.55. The quantitative estimate of drug-likeness (QED) is 0.124. The number of ether oxygens (including phenoxy) is 3. The van der Waals surface area contributed by atoms with Crippen LogP contribution in [0.2, 0.25) is 0 Å². The van der Waals surface area contributed by atoms with E-state index in [-0.39, 0.29) is 5.97 Å². The van der Waals surface area contributed by atoms with Gasteiger partial charge in [-0.05, 0) is 71.7 Å². The molecule has 41 heavy (non-hydrogen) atoms. The van der Waals surface area contributed by atoms with Gasteiger partial charge in [0, 0.05) is 31.2 Å². The topological polar surface area (TPSA) is 51.9 Å². The first-order valence-electron chi connectivity index (χ1n) is 13.6. The Morgan fingerprint density at radius 1 is 0.951 bits per heavy atom. The third kappa shape index (κ3) is 6.54. The minimum Gasteiger partial charge on any atom is -0.465 e. The van der Waals surface area contributed by atoms with Gasteiger partial charge in [-0.25, -0.2) is 4.79 Å². The number of rotatable bonds is 10. The molecule has 0 saturated heterocycles. The molecule has 0 fully saturated rings. The Hall–Kier alpha value is -3.91. The molecule has 6 nitrogen and oxygen atoms in total. The largest absolute Gasteiger partial charge is 0.465 e. The summed E-state index contributed by atoms with van der Waals surface area (Å²) in [6.07, 6.45) is 6.57. The fourth-order valence-electron chi connectivity index (χ4n) is 4.86. The van der Waals surface area contributed by atoms with Crippen molar-refractivity contribution in [2.75, 3.05) is 46.0 Å². The lowest BCUT2D eigenvalue weighted by molar-refractivity contribution is -0.673. The number of hydrogen-bond donors (Lipinski definition) is 0. The molecule has 0 N–H and O–H groups in total. The molecule has 5 rings (SSSR count). The third-order valence-electron chi connectivity index (χ3n) is 7.12. The molecule has 0 unspecified atom stereocenters. The molecule has 7 heteroatoms. The number of methoxy groups -OCH3 is 2. The van der Waals surface area contributed by atoms with Crippen LogP contribution in [0.4, 0.5) is 5.69 Å². The highest BCUT2D eigenvalue weighted by molar-refractivity contribution is 8.03. The number of anilines is 1. The second-order valence-corrected chi connectivity index (χ2v) is 10.9. The summed E-state index contributed by atoms with van der Waals surface area (Å²) in [5.74, 6) is -0.345. The van der Waals surface area contributed by atoms with Crippen LogP contribution in [0.5, 0.6) is 0 Å². The third-order valence-corrected chi connectivity index (χ3v) is 8.28. The summed E-state index contributed by atoms with van der Waals surface area (Å²) in [6.45, 7) is 4.65. The fourth-order valence-corrected chi connectivity index (χ4v) is 5.95. The van der Waals surface area contributed by atoms with Crippen molar-refractivity contribution in [3.05, 3.63) is 112 Å². The van der Waals surface area contributed by atoms with E-state index in [4.69, 9.17) is 14.2 Å². The van der Waals surface area contributed by atoms with E-state index in [1.807, 2.05) is 24.3 Å². The summed E-state index contributed by atoms with van der Waals surface area (Å²) in [5, 5.41) is 2.29. The zero-order chi connectivity index (χ0) is 28.8. The Morgan fingerprint density at radius 3 is 2.51 bits per heavy atom. The minimum atomic E-state index is -0.345. The minimum absolute atomic E-state index is 0.345. The first kappa shape index (κ1) is 28.6. The van der Waals surface area contributed by atoms with Crippen LogP contribution in [0.1, 0.15) is 27.0 Å². The maximum atomic E-state index is 12.1. The number of pyridine rings is 1. The van der Waals surface area contributed by atoms with Crippen LogP contribution in [-0.4, -0.2) is 47.1 Å². The number of aromatic nitrogens is 1. The lowest BCUT2D eigenvalue weighted by atomic mass is 9.99. The predicted molar refractivity (Wildman–Crippen MR) is 166 cm³/mol. The number of nitrogens with zero attached hydrogens (tertiary/aromatic N) is 2. The first-order chi connectivity index (χ1) is 20.0. The molecule has 0 bridgehead atoms. The summed E-state index contributed by atoms with van der Waals surface area (Å²) >= 11 is 1.76. The molecule has 4 aromatic rings. The molecule has 0 radical (unpaired) electrons. The SMILES string of the molecule is COCCOCC[n+]1ccc(C=C(C=C2Sc3ccc(C)cc3N2C)c2ccc(C(=O)OC)cc2)c2ccccc21. The van der Waals surface area contributed by atoms with E-state index >= 15 is 0 Å². The molecular formula is C34H35N2O4S+. The number of hydrogen-bond acceptors (Lipinski definition) is 6. The van der Waals surface area contributed by atoms with Gasteiger partial charge in [0.1, 0.15) is 6.61 Å². The molecule has 0 amide bonds. The lowest BCUT2D eigenvalue weighted by Crippen LogP contribution is -2.36. The number of allylic oxidation sites excluding steroid dienone is 2.